The van der Waals surface area contributed by atoms with Crippen molar-refractivity contribution >= 4 is 9.84 Å². The third-order valence-electron chi connectivity index (χ3n) is 5.68. The van der Waals surface area contributed by atoms with Crippen LogP contribution in [-0.2, 0) is 21.2 Å². The van der Waals surface area contributed by atoms with Crippen molar-refractivity contribution in [1.29, 1.82) is 0 Å². The zero-order chi connectivity index (χ0) is 20.3. The molecule has 0 aliphatic heterocycles. The third-order valence-corrected chi connectivity index (χ3v) is 8.24. The summed E-state index contributed by atoms with van der Waals surface area (Å²) in [7, 11) is -3.50. The van der Waals surface area contributed by atoms with Crippen molar-refractivity contribution in [3.8, 4) is 5.75 Å². The summed E-state index contributed by atoms with van der Waals surface area (Å²) in [5, 5.41) is 0. The molecule has 150 valence electrons. The number of halogens is 1. The molecule has 0 N–H and O–H groups in total. The highest BCUT2D eigenvalue weighted by Crippen LogP contribution is 2.48. The fourth-order valence-electron chi connectivity index (χ4n) is 4.09. The van der Waals surface area contributed by atoms with E-state index in [0.29, 0.717) is 30.1 Å². The Labute approximate surface area is 171 Å². The van der Waals surface area contributed by atoms with Gasteiger partial charge in [0.2, 0.25) is 0 Å². The van der Waals surface area contributed by atoms with Gasteiger partial charge in [0, 0.05) is 0 Å². The molecular weight excluding hydrogens is 387 g/mol. The lowest BCUT2D eigenvalue weighted by molar-refractivity contribution is 0.306. The van der Waals surface area contributed by atoms with Gasteiger partial charge in [-0.1, -0.05) is 55.3 Å². The Hall–Kier alpha value is -2.66. The standard InChI is InChI=1S/C24H23FO3S/c25-21-12-8-19(9-13-21)18-28-22-14-10-20(11-15-22)24(16-4-5-17-24)29(26,27)23-6-2-1-3-7-23/h1-3,6-15H,4-5,16-18H2. The number of sulfone groups is 1. The van der Waals surface area contributed by atoms with Crippen molar-refractivity contribution in [2.24, 2.45) is 0 Å². The molecule has 0 amide bonds. The number of benzene rings is 3. The molecule has 5 heteroatoms. The van der Waals surface area contributed by atoms with Crippen molar-refractivity contribution in [3.63, 3.8) is 0 Å². The maximum absolute atomic E-state index is 13.5. The average Bonchev–Trinajstić information content (AvgIpc) is 3.26. The lowest BCUT2D eigenvalue weighted by Gasteiger charge is -2.29. The Bertz CT molecular complexity index is 1050. The molecule has 0 aromatic heterocycles. The van der Waals surface area contributed by atoms with Crippen LogP contribution >= 0.6 is 0 Å². The molecule has 0 radical (unpaired) electrons. The van der Waals surface area contributed by atoms with Gasteiger partial charge in [0.15, 0.2) is 9.84 Å². The summed E-state index contributed by atoms with van der Waals surface area (Å²) in [5.74, 6) is 0.378. The lowest BCUT2D eigenvalue weighted by atomic mass is 9.96. The van der Waals surface area contributed by atoms with E-state index < -0.39 is 14.6 Å². The Morgan fingerprint density at radius 3 is 2.07 bits per heavy atom. The molecule has 0 heterocycles. The first-order valence-corrected chi connectivity index (χ1v) is 11.3. The molecule has 1 saturated carbocycles. The second kappa shape index (κ2) is 7.99. The van der Waals surface area contributed by atoms with Gasteiger partial charge in [-0.15, -0.1) is 0 Å². The van der Waals surface area contributed by atoms with E-state index in [1.165, 1.54) is 12.1 Å². The fraction of sp³-hybridized carbons (Fsp3) is 0.250. The van der Waals surface area contributed by atoms with Gasteiger partial charge < -0.3 is 4.74 Å². The van der Waals surface area contributed by atoms with Gasteiger partial charge in [-0.2, -0.15) is 0 Å². The van der Waals surface area contributed by atoms with Crippen LogP contribution in [0.4, 0.5) is 4.39 Å². The summed E-state index contributed by atoms with van der Waals surface area (Å²) in [6.45, 7) is 0.326. The highest BCUT2D eigenvalue weighted by atomic mass is 32.2. The molecular formula is C24H23FO3S. The van der Waals surface area contributed by atoms with E-state index in [1.807, 2.05) is 30.3 Å². The first-order valence-electron chi connectivity index (χ1n) is 9.79. The molecule has 0 saturated heterocycles. The van der Waals surface area contributed by atoms with Crippen LogP contribution in [0.3, 0.4) is 0 Å². The monoisotopic (exact) mass is 410 g/mol. The predicted molar refractivity (Wildman–Crippen MR) is 111 cm³/mol. The van der Waals surface area contributed by atoms with Crippen LogP contribution in [0.1, 0.15) is 36.8 Å². The van der Waals surface area contributed by atoms with E-state index >= 15 is 0 Å². The molecule has 4 rings (SSSR count). The molecule has 1 aliphatic carbocycles. The SMILES string of the molecule is O=S(=O)(c1ccccc1)C1(c2ccc(OCc3ccc(F)cc3)cc2)CCCC1. The molecule has 0 unspecified atom stereocenters. The molecule has 0 bridgehead atoms. The first kappa shape index (κ1) is 19.6. The zero-order valence-corrected chi connectivity index (χ0v) is 16.9. The van der Waals surface area contributed by atoms with E-state index in [2.05, 4.69) is 0 Å². The van der Waals surface area contributed by atoms with Crippen molar-refractivity contribution < 1.29 is 17.5 Å². The van der Waals surface area contributed by atoms with Gasteiger partial charge in [-0.25, -0.2) is 12.8 Å². The largest absolute Gasteiger partial charge is 0.489 e. The molecule has 3 aromatic rings. The van der Waals surface area contributed by atoms with Crippen LogP contribution in [0, 0.1) is 5.82 Å². The van der Waals surface area contributed by atoms with Gasteiger partial charge in [0.25, 0.3) is 0 Å². The highest BCUT2D eigenvalue weighted by molar-refractivity contribution is 7.92. The van der Waals surface area contributed by atoms with Gasteiger partial charge >= 0.3 is 0 Å². The van der Waals surface area contributed by atoms with Crippen LogP contribution in [0.15, 0.2) is 83.8 Å². The third kappa shape index (κ3) is 3.79. The fourth-order valence-corrected chi connectivity index (χ4v) is 6.33. The van der Waals surface area contributed by atoms with Crippen molar-refractivity contribution in [2.45, 2.75) is 41.9 Å². The van der Waals surface area contributed by atoms with E-state index in [1.54, 1.807) is 36.4 Å². The first-order chi connectivity index (χ1) is 14.0. The molecule has 3 nitrogen and oxygen atoms in total. The predicted octanol–water partition coefficient (Wildman–Crippen LogP) is 5.65. The molecule has 0 spiro atoms. The van der Waals surface area contributed by atoms with E-state index in [4.69, 9.17) is 4.74 Å². The lowest BCUT2D eigenvalue weighted by Crippen LogP contribution is -2.33. The number of ether oxygens (including phenoxy) is 1. The number of hydrogen-bond donors (Lipinski definition) is 0. The van der Waals surface area contributed by atoms with Crippen molar-refractivity contribution in [3.05, 3.63) is 95.8 Å². The minimum absolute atomic E-state index is 0.278. The van der Waals surface area contributed by atoms with Crippen LogP contribution in [0.25, 0.3) is 0 Å². The maximum Gasteiger partial charge on any atom is 0.188 e. The highest BCUT2D eigenvalue weighted by Gasteiger charge is 2.48. The van der Waals surface area contributed by atoms with E-state index in [9.17, 15) is 12.8 Å². The van der Waals surface area contributed by atoms with E-state index in [0.717, 1.165) is 24.0 Å². The van der Waals surface area contributed by atoms with Gasteiger partial charge in [-0.3, -0.25) is 0 Å². The Kier molecular flexibility index (Phi) is 5.41. The van der Waals surface area contributed by atoms with Crippen molar-refractivity contribution in [1.82, 2.24) is 0 Å². The minimum Gasteiger partial charge on any atom is -0.489 e. The second-order valence-electron chi connectivity index (χ2n) is 7.46. The number of rotatable bonds is 6. The number of hydrogen-bond acceptors (Lipinski definition) is 3. The molecule has 1 aliphatic rings. The zero-order valence-electron chi connectivity index (χ0n) is 16.1. The van der Waals surface area contributed by atoms with Crippen LogP contribution in [-0.4, -0.2) is 8.42 Å². The second-order valence-corrected chi connectivity index (χ2v) is 9.72. The molecule has 1 fully saturated rings. The Morgan fingerprint density at radius 2 is 1.45 bits per heavy atom. The summed E-state index contributed by atoms with van der Waals surface area (Å²) in [6.07, 6.45) is 3.05. The van der Waals surface area contributed by atoms with E-state index in [-0.39, 0.29) is 5.82 Å². The minimum atomic E-state index is -3.50. The molecule has 3 aromatic carbocycles. The average molecular weight is 411 g/mol. The van der Waals surface area contributed by atoms with Gasteiger partial charge in [-0.05, 0) is 60.4 Å². The summed E-state index contributed by atoms with van der Waals surface area (Å²) < 4.78 is 44.9. The quantitative estimate of drug-likeness (QED) is 0.528. The Balaban J connectivity index is 1.58. The maximum atomic E-state index is 13.5. The smallest absolute Gasteiger partial charge is 0.188 e. The van der Waals surface area contributed by atoms with Crippen LogP contribution in [0.5, 0.6) is 5.75 Å². The summed E-state index contributed by atoms with van der Waals surface area (Å²) in [6, 6.07) is 22.3. The molecule has 29 heavy (non-hydrogen) atoms. The van der Waals surface area contributed by atoms with Crippen LogP contribution in [0.2, 0.25) is 0 Å². The summed E-state index contributed by atoms with van der Waals surface area (Å²) in [5.41, 5.74) is 1.68. The molecule has 0 atom stereocenters. The van der Waals surface area contributed by atoms with Gasteiger partial charge in [0.05, 0.1) is 4.90 Å². The summed E-state index contributed by atoms with van der Waals surface area (Å²) in [4.78, 5) is 0.374. The van der Waals surface area contributed by atoms with Crippen molar-refractivity contribution in [2.75, 3.05) is 0 Å². The Morgan fingerprint density at radius 1 is 0.828 bits per heavy atom. The van der Waals surface area contributed by atoms with Crippen LogP contribution < -0.4 is 4.74 Å². The topological polar surface area (TPSA) is 43.4 Å². The van der Waals surface area contributed by atoms with Gasteiger partial charge in [0.1, 0.15) is 22.9 Å². The normalized spacial score (nSPS) is 15.9. The summed E-state index contributed by atoms with van der Waals surface area (Å²) >= 11 is 0.